The number of halogens is 2. The molecule has 0 aliphatic carbocycles. The molecule has 2 aliphatic rings. The van der Waals surface area contributed by atoms with Gasteiger partial charge in [-0.3, -0.25) is 9.59 Å². The molecule has 0 bridgehead atoms. The third-order valence-electron chi connectivity index (χ3n) is 5.47. The van der Waals surface area contributed by atoms with Crippen molar-refractivity contribution in [2.45, 2.75) is 32.0 Å². The molecule has 2 atom stereocenters. The number of fused-ring (bicyclic) bond motifs is 3. The van der Waals surface area contributed by atoms with Crippen molar-refractivity contribution in [2.75, 3.05) is 6.54 Å². The van der Waals surface area contributed by atoms with Gasteiger partial charge in [-0.05, 0) is 43.2 Å². The van der Waals surface area contributed by atoms with Crippen molar-refractivity contribution in [2.24, 2.45) is 0 Å². The van der Waals surface area contributed by atoms with Gasteiger partial charge in [0.25, 0.3) is 11.5 Å². The molecule has 0 radical (unpaired) electrons. The highest BCUT2D eigenvalue weighted by Gasteiger charge is 2.37. The number of benzene rings is 2. The van der Waals surface area contributed by atoms with Crippen LogP contribution >= 0.6 is 0 Å². The molecule has 0 saturated carbocycles. The summed E-state index contributed by atoms with van der Waals surface area (Å²) in [7, 11) is 0. The summed E-state index contributed by atoms with van der Waals surface area (Å²) in [5, 5.41) is 8.21. The topological polar surface area (TPSA) is 77.3 Å². The largest absolute Gasteiger partial charge is 0.470 e. The van der Waals surface area contributed by atoms with Crippen LogP contribution in [-0.2, 0) is 0 Å². The molecular formula is C20H16F2N4O3. The number of carbonyl (C=O) groups excluding carboxylic acids is 1. The Labute approximate surface area is 163 Å². The maximum absolute atomic E-state index is 13.6. The Hall–Kier alpha value is -3.36. The fourth-order valence-corrected chi connectivity index (χ4v) is 3.95. The maximum Gasteiger partial charge on any atom is 0.278 e. The molecule has 9 heteroatoms. The highest BCUT2D eigenvalue weighted by Crippen LogP contribution is 2.34. The summed E-state index contributed by atoms with van der Waals surface area (Å²) in [6, 6.07) is 5.33. The van der Waals surface area contributed by atoms with Gasteiger partial charge in [-0.1, -0.05) is 5.21 Å². The van der Waals surface area contributed by atoms with E-state index in [4.69, 9.17) is 4.74 Å². The summed E-state index contributed by atoms with van der Waals surface area (Å²) >= 11 is 0. The number of amides is 1. The van der Waals surface area contributed by atoms with Gasteiger partial charge in [0.2, 0.25) is 0 Å². The van der Waals surface area contributed by atoms with Gasteiger partial charge in [-0.15, -0.1) is 5.10 Å². The third kappa shape index (κ3) is 2.76. The second-order valence-corrected chi connectivity index (χ2v) is 7.30. The van der Waals surface area contributed by atoms with E-state index in [1.165, 1.54) is 12.1 Å². The molecule has 0 spiro atoms. The molecule has 0 N–H and O–H groups in total. The molecule has 0 unspecified atom stereocenters. The second kappa shape index (κ2) is 6.33. The predicted molar refractivity (Wildman–Crippen MR) is 98.7 cm³/mol. The minimum atomic E-state index is -0.742. The molecule has 7 nitrogen and oxygen atoms in total. The highest BCUT2D eigenvalue weighted by molar-refractivity contribution is 6.01. The summed E-state index contributed by atoms with van der Waals surface area (Å²) in [6.45, 7) is 2.24. The number of ether oxygens (including phenoxy) is 1. The van der Waals surface area contributed by atoms with E-state index in [1.54, 1.807) is 11.8 Å². The second-order valence-electron chi connectivity index (χ2n) is 7.30. The van der Waals surface area contributed by atoms with Gasteiger partial charge in [-0.25, -0.2) is 13.5 Å². The summed E-state index contributed by atoms with van der Waals surface area (Å²) in [5.74, 6) is -1.29. The average molecular weight is 398 g/mol. The number of nitrogens with zero attached hydrogens (tertiary/aromatic N) is 4. The lowest BCUT2D eigenvalue weighted by Gasteiger charge is -2.31. The fraction of sp³-hybridized carbons (Fsp3) is 0.300. The molecule has 5 rings (SSSR count). The van der Waals surface area contributed by atoms with E-state index in [0.29, 0.717) is 17.9 Å². The van der Waals surface area contributed by atoms with Crippen LogP contribution < -0.4 is 10.3 Å². The zero-order valence-electron chi connectivity index (χ0n) is 15.4. The zero-order valence-corrected chi connectivity index (χ0v) is 15.4. The molecule has 148 valence electrons. The Bertz CT molecular complexity index is 1210. The lowest BCUT2D eigenvalue weighted by molar-refractivity contribution is 0.0295. The number of hydrogen-bond donors (Lipinski definition) is 0. The van der Waals surface area contributed by atoms with E-state index in [9.17, 15) is 18.4 Å². The van der Waals surface area contributed by atoms with Crippen LogP contribution in [0.2, 0.25) is 0 Å². The average Bonchev–Trinajstić information content (AvgIpc) is 3.15. The molecule has 2 aromatic carbocycles. The number of rotatable bonds is 2. The van der Waals surface area contributed by atoms with Crippen molar-refractivity contribution in [1.82, 2.24) is 19.9 Å². The smallest absolute Gasteiger partial charge is 0.278 e. The van der Waals surface area contributed by atoms with Crippen molar-refractivity contribution in [3.8, 4) is 5.75 Å². The van der Waals surface area contributed by atoms with Crippen LogP contribution in [0.4, 0.5) is 8.78 Å². The minimum absolute atomic E-state index is 0.148. The number of hydrogen-bond acceptors (Lipinski definition) is 5. The van der Waals surface area contributed by atoms with E-state index in [2.05, 4.69) is 10.3 Å². The normalized spacial score (nSPS) is 19.1. The first-order chi connectivity index (χ1) is 13.9. The Morgan fingerprint density at radius 3 is 2.66 bits per heavy atom. The molecule has 3 aromatic rings. The van der Waals surface area contributed by atoms with Gasteiger partial charge >= 0.3 is 0 Å². The first-order valence-corrected chi connectivity index (χ1v) is 9.29. The lowest BCUT2D eigenvalue weighted by atomic mass is 10.1. The van der Waals surface area contributed by atoms with Crippen molar-refractivity contribution < 1.29 is 18.3 Å². The van der Waals surface area contributed by atoms with Crippen molar-refractivity contribution >= 4 is 16.8 Å². The predicted octanol–water partition coefficient (Wildman–Crippen LogP) is 2.63. The molecule has 1 fully saturated rings. The molecule has 3 heterocycles. The number of carbonyl (C=O) groups is 1. The first-order valence-electron chi connectivity index (χ1n) is 9.29. The Kier molecular flexibility index (Phi) is 3.87. The van der Waals surface area contributed by atoms with Crippen LogP contribution in [0.15, 0.2) is 35.1 Å². The summed E-state index contributed by atoms with van der Waals surface area (Å²) in [6.07, 6.45) is 1.28. The van der Waals surface area contributed by atoms with Crippen LogP contribution in [-0.4, -0.2) is 38.6 Å². The maximum atomic E-state index is 13.6. The summed E-state index contributed by atoms with van der Waals surface area (Å²) < 4.78 is 34.1. The standard InChI is InChI=1S/C20H16F2N4O3/c1-10(11-5-12(21)7-13(22)6-11)26-20(28)14-9-17-15(8-16(14)23-24-26)19(27)25-4-2-3-18(25)29-17/h5-10,18H,2-4H2,1H3/t10-,18-/m1/s1. The van der Waals surface area contributed by atoms with Crippen molar-refractivity contribution in [3.05, 3.63) is 63.4 Å². The Morgan fingerprint density at radius 1 is 1.14 bits per heavy atom. The van der Waals surface area contributed by atoms with Crippen LogP contribution in [0.25, 0.3) is 10.9 Å². The monoisotopic (exact) mass is 398 g/mol. The van der Waals surface area contributed by atoms with Crippen LogP contribution in [0.1, 0.15) is 41.7 Å². The van der Waals surface area contributed by atoms with Gasteiger partial charge in [0, 0.05) is 19.0 Å². The summed E-state index contributed by atoms with van der Waals surface area (Å²) in [4.78, 5) is 27.4. The lowest BCUT2D eigenvalue weighted by Crippen LogP contribution is -2.43. The Morgan fingerprint density at radius 2 is 1.90 bits per heavy atom. The van der Waals surface area contributed by atoms with Gasteiger partial charge < -0.3 is 9.64 Å². The van der Waals surface area contributed by atoms with Gasteiger partial charge in [-0.2, -0.15) is 0 Å². The number of aromatic nitrogens is 3. The van der Waals surface area contributed by atoms with Gasteiger partial charge in [0.05, 0.1) is 17.0 Å². The third-order valence-corrected chi connectivity index (χ3v) is 5.47. The van der Waals surface area contributed by atoms with Crippen LogP contribution in [0.5, 0.6) is 5.75 Å². The van der Waals surface area contributed by atoms with Crippen molar-refractivity contribution in [1.29, 1.82) is 0 Å². The van der Waals surface area contributed by atoms with Gasteiger partial charge in [0.15, 0.2) is 6.23 Å². The van der Waals surface area contributed by atoms with E-state index in [0.717, 1.165) is 35.7 Å². The SMILES string of the molecule is C[C@H](c1cc(F)cc(F)c1)n1nnc2cc3c(cc2c1=O)O[C@@H]1CCCN1C3=O. The van der Waals surface area contributed by atoms with E-state index in [-0.39, 0.29) is 28.6 Å². The molecule has 1 saturated heterocycles. The minimum Gasteiger partial charge on any atom is -0.470 e. The van der Waals surface area contributed by atoms with E-state index in [1.807, 2.05) is 0 Å². The quantitative estimate of drug-likeness (QED) is 0.663. The van der Waals surface area contributed by atoms with Crippen molar-refractivity contribution in [3.63, 3.8) is 0 Å². The van der Waals surface area contributed by atoms with Crippen LogP contribution in [0, 0.1) is 11.6 Å². The van der Waals surface area contributed by atoms with E-state index >= 15 is 0 Å². The molecule has 29 heavy (non-hydrogen) atoms. The molecule has 1 aromatic heterocycles. The van der Waals surface area contributed by atoms with E-state index < -0.39 is 23.2 Å². The molecule has 2 aliphatic heterocycles. The zero-order chi connectivity index (χ0) is 20.3. The molecular weight excluding hydrogens is 382 g/mol. The fourth-order valence-electron chi connectivity index (χ4n) is 3.95. The van der Waals surface area contributed by atoms with Crippen LogP contribution in [0.3, 0.4) is 0 Å². The molecule has 1 amide bonds. The summed E-state index contributed by atoms with van der Waals surface area (Å²) in [5.41, 5.74) is 0.378. The van der Waals surface area contributed by atoms with Gasteiger partial charge in [0.1, 0.15) is 22.9 Å². The first kappa shape index (κ1) is 17.7. The Balaban J connectivity index is 1.62. The highest BCUT2D eigenvalue weighted by atomic mass is 19.1.